The topological polar surface area (TPSA) is 113 Å². The standard InChI is InChI=1S/C19H21ClN4O5S/c1-14-2-5-16(6-3-14)30(28,29)23-10-8-22(9-11-23)13-19(25)21-18-12-15(24(26)27)4-7-17(18)20/h2-7,12H,8-11,13H2,1H3,(H,21,25). The van der Waals surface area contributed by atoms with Crippen molar-refractivity contribution in [3.63, 3.8) is 0 Å². The number of carbonyl (C=O) groups excluding carboxylic acids is 1. The van der Waals surface area contributed by atoms with Gasteiger partial charge in [0.15, 0.2) is 0 Å². The highest BCUT2D eigenvalue weighted by Gasteiger charge is 2.29. The number of sulfonamides is 1. The van der Waals surface area contributed by atoms with Crippen LogP contribution in [0.25, 0.3) is 0 Å². The van der Waals surface area contributed by atoms with Gasteiger partial charge in [-0.15, -0.1) is 0 Å². The van der Waals surface area contributed by atoms with Gasteiger partial charge < -0.3 is 5.32 Å². The number of hydrogen-bond acceptors (Lipinski definition) is 6. The van der Waals surface area contributed by atoms with Gasteiger partial charge in [-0.25, -0.2) is 8.42 Å². The Labute approximate surface area is 179 Å². The fraction of sp³-hybridized carbons (Fsp3) is 0.316. The Morgan fingerprint density at radius 2 is 1.77 bits per heavy atom. The van der Waals surface area contributed by atoms with Crippen LogP contribution < -0.4 is 5.32 Å². The van der Waals surface area contributed by atoms with Gasteiger partial charge in [0.05, 0.1) is 27.1 Å². The Hall–Kier alpha value is -2.53. The number of anilines is 1. The van der Waals surface area contributed by atoms with Crippen molar-refractivity contribution in [2.24, 2.45) is 0 Å². The molecular formula is C19H21ClN4O5S. The molecule has 0 saturated carbocycles. The third-order valence-electron chi connectivity index (χ3n) is 4.79. The molecule has 0 aliphatic carbocycles. The van der Waals surface area contributed by atoms with Crippen LogP contribution in [0.4, 0.5) is 11.4 Å². The second kappa shape index (κ2) is 9.09. The predicted molar refractivity (Wildman–Crippen MR) is 113 cm³/mol. The van der Waals surface area contributed by atoms with Crippen LogP contribution in [0.15, 0.2) is 47.4 Å². The molecule has 0 radical (unpaired) electrons. The first-order valence-electron chi connectivity index (χ1n) is 9.20. The molecule has 9 nitrogen and oxygen atoms in total. The van der Waals surface area contributed by atoms with Crippen molar-refractivity contribution >= 4 is 38.9 Å². The smallest absolute Gasteiger partial charge is 0.271 e. The van der Waals surface area contributed by atoms with Crippen molar-refractivity contribution in [1.82, 2.24) is 9.21 Å². The fourth-order valence-electron chi connectivity index (χ4n) is 3.10. The van der Waals surface area contributed by atoms with Gasteiger partial charge in [0, 0.05) is 38.3 Å². The van der Waals surface area contributed by atoms with E-state index in [-0.39, 0.29) is 46.8 Å². The summed E-state index contributed by atoms with van der Waals surface area (Å²) in [5.74, 6) is -0.382. The van der Waals surface area contributed by atoms with E-state index in [9.17, 15) is 23.3 Å². The normalized spacial score (nSPS) is 15.7. The van der Waals surface area contributed by atoms with E-state index >= 15 is 0 Å². The molecule has 0 bridgehead atoms. The van der Waals surface area contributed by atoms with Gasteiger partial charge in [-0.05, 0) is 25.1 Å². The maximum atomic E-state index is 12.8. The summed E-state index contributed by atoms with van der Waals surface area (Å²) < 4.78 is 26.9. The number of carbonyl (C=O) groups is 1. The number of non-ortho nitro benzene ring substituents is 1. The monoisotopic (exact) mass is 452 g/mol. The number of nitro benzene ring substituents is 1. The Bertz CT molecular complexity index is 1050. The van der Waals surface area contributed by atoms with Gasteiger partial charge in [0.25, 0.3) is 5.69 Å². The van der Waals surface area contributed by atoms with Crippen LogP contribution in [0.3, 0.4) is 0 Å². The minimum Gasteiger partial charge on any atom is -0.323 e. The fourth-order valence-corrected chi connectivity index (χ4v) is 4.69. The van der Waals surface area contributed by atoms with Crippen molar-refractivity contribution < 1.29 is 18.1 Å². The highest BCUT2D eigenvalue weighted by molar-refractivity contribution is 7.89. The largest absolute Gasteiger partial charge is 0.323 e. The molecule has 0 atom stereocenters. The maximum Gasteiger partial charge on any atom is 0.271 e. The molecule has 1 N–H and O–H groups in total. The minimum atomic E-state index is -3.57. The molecule has 0 unspecified atom stereocenters. The third-order valence-corrected chi connectivity index (χ3v) is 7.03. The number of aryl methyl sites for hydroxylation is 1. The zero-order valence-electron chi connectivity index (χ0n) is 16.2. The SMILES string of the molecule is Cc1ccc(S(=O)(=O)N2CCN(CC(=O)Nc3cc([N+](=O)[O-])ccc3Cl)CC2)cc1. The predicted octanol–water partition coefficient (Wildman–Crippen LogP) is 2.50. The molecule has 1 fully saturated rings. The van der Waals surface area contributed by atoms with Gasteiger partial charge in [-0.2, -0.15) is 4.31 Å². The maximum absolute atomic E-state index is 12.8. The zero-order chi connectivity index (χ0) is 21.9. The number of nitro groups is 1. The van der Waals surface area contributed by atoms with E-state index in [2.05, 4.69) is 5.32 Å². The lowest BCUT2D eigenvalue weighted by Crippen LogP contribution is -2.50. The number of nitrogens with one attached hydrogen (secondary N) is 1. The van der Waals surface area contributed by atoms with E-state index in [4.69, 9.17) is 11.6 Å². The third kappa shape index (κ3) is 5.14. The Balaban J connectivity index is 1.57. The van der Waals surface area contributed by atoms with E-state index in [0.717, 1.165) is 5.56 Å². The molecule has 2 aromatic carbocycles. The van der Waals surface area contributed by atoms with Gasteiger partial charge in [-0.3, -0.25) is 19.8 Å². The molecule has 1 saturated heterocycles. The summed E-state index contributed by atoms with van der Waals surface area (Å²) in [6, 6.07) is 10.5. The summed E-state index contributed by atoms with van der Waals surface area (Å²) in [6.45, 7) is 3.23. The number of nitrogens with zero attached hydrogens (tertiary/aromatic N) is 3. The van der Waals surface area contributed by atoms with Crippen LogP contribution >= 0.6 is 11.6 Å². The zero-order valence-corrected chi connectivity index (χ0v) is 17.8. The number of rotatable bonds is 6. The van der Waals surface area contributed by atoms with E-state index in [1.165, 1.54) is 22.5 Å². The van der Waals surface area contributed by atoms with Crippen LogP contribution in [0.2, 0.25) is 5.02 Å². The summed E-state index contributed by atoms with van der Waals surface area (Å²) in [4.78, 5) is 24.7. The lowest BCUT2D eigenvalue weighted by molar-refractivity contribution is -0.384. The summed E-state index contributed by atoms with van der Waals surface area (Å²) in [5.41, 5.74) is 0.967. The summed E-state index contributed by atoms with van der Waals surface area (Å²) in [7, 11) is -3.57. The number of hydrogen-bond donors (Lipinski definition) is 1. The highest BCUT2D eigenvalue weighted by Crippen LogP contribution is 2.26. The second-order valence-corrected chi connectivity index (χ2v) is 9.31. The lowest BCUT2D eigenvalue weighted by atomic mass is 10.2. The number of halogens is 1. The van der Waals surface area contributed by atoms with Gasteiger partial charge >= 0.3 is 0 Å². The van der Waals surface area contributed by atoms with E-state index in [1.807, 2.05) is 11.8 Å². The Morgan fingerprint density at radius 3 is 2.37 bits per heavy atom. The molecule has 0 aromatic heterocycles. The molecule has 1 aliphatic rings. The first-order valence-corrected chi connectivity index (χ1v) is 11.0. The van der Waals surface area contributed by atoms with Crippen LogP contribution in [-0.4, -0.2) is 61.2 Å². The van der Waals surface area contributed by atoms with E-state index in [0.29, 0.717) is 13.1 Å². The van der Waals surface area contributed by atoms with Crippen LogP contribution in [0.1, 0.15) is 5.56 Å². The summed E-state index contributed by atoms with van der Waals surface area (Å²) in [5, 5.41) is 13.7. The highest BCUT2D eigenvalue weighted by atomic mass is 35.5. The van der Waals surface area contributed by atoms with Crippen molar-refractivity contribution in [1.29, 1.82) is 0 Å². The van der Waals surface area contributed by atoms with Crippen molar-refractivity contribution in [2.75, 3.05) is 38.0 Å². The van der Waals surface area contributed by atoms with Crippen LogP contribution in [0, 0.1) is 17.0 Å². The average molecular weight is 453 g/mol. The molecule has 0 spiro atoms. The molecule has 2 aromatic rings. The van der Waals surface area contributed by atoms with E-state index in [1.54, 1.807) is 24.3 Å². The molecule has 1 aliphatic heterocycles. The Morgan fingerprint density at radius 1 is 1.13 bits per heavy atom. The minimum absolute atomic E-state index is 0.0252. The summed E-state index contributed by atoms with van der Waals surface area (Å²) in [6.07, 6.45) is 0. The Kier molecular flexibility index (Phi) is 6.71. The number of piperazine rings is 1. The molecule has 3 rings (SSSR count). The van der Waals surface area contributed by atoms with Gasteiger partial charge in [-0.1, -0.05) is 29.3 Å². The molecule has 11 heteroatoms. The quantitative estimate of drug-likeness (QED) is 0.532. The summed E-state index contributed by atoms with van der Waals surface area (Å²) >= 11 is 6.00. The molecule has 1 heterocycles. The first-order chi connectivity index (χ1) is 14.2. The number of benzene rings is 2. The lowest BCUT2D eigenvalue weighted by Gasteiger charge is -2.33. The van der Waals surface area contributed by atoms with Crippen molar-refractivity contribution in [3.05, 3.63) is 63.2 Å². The van der Waals surface area contributed by atoms with Crippen LogP contribution in [0.5, 0.6) is 0 Å². The van der Waals surface area contributed by atoms with Gasteiger partial charge in [0.2, 0.25) is 15.9 Å². The van der Waals surface area contributed by atoms with Crippen LogP contribution in [-0.2, 0) is 14.8 Å². The first kappa shape index (κ1) is 22.2. The van der Waals surface area contributed by atoms with Crippen molar-refractivity contribution in [3.8, 4) is 0 Å². The number of amides is 1. The molecular weight excluding hydrogens is 432 g/mol. The second-order valence-electron chi connectivity index (χ2n) is 6.96. The average Bonchev–Trinajstić information content (AvgIpc) is 2.70. The van der Waals surface area contributed by atoms with Crippen molar-refractivity contribution in [2.45, 2.75) is 11.8 Å². The molecule has 30 heavy (non-hydrogen) atoms. The van der Waals surface area contributed by atoms with Gasteiger partial charge in [0.1, 0.15) is 0 Å². The van der Waals surface area contributed by atoms with E-state index < -0.39 is 14.9 Å². The molecule has 1 amide bonds. The molecule has 160 valence electrons.